The third-order valence-corrected chi connectivity index (χ3v) is 12.2. The molecule has 0 unspecified atom stereocenters. The van der Waals surface area contributed by atoms with Gasteiger partial charge in [0, 0.05) is 35.5 Å². The fraction of sp³-hybridized carbons (Fsp3) is 0.347. The summed E-state index contributed by atoms with van der Waals surface area (Å²) in [4.78, 5) is 40.3. The molecule has 3 amide bonds. The number of allylic oxidation sites excluding steroid dienone is 2. The van der Waals surface area contributed by atoms with Crippen LogP contribution in [-0.2, 0) is 34.1 Å². The Morgan fingerprint density at radius 3 is 2.10 bits per heavy atom. The highest BCUT2D eigenvalue weighted by atomic mass is 35.5. The highest BCUT2D eigenvalue weighted by molar-refractivity contribution is 6.58. The molecular weight excluding hydrogens is 923 g/mol. The zero-order valence-electron chi connectivity index (χ0n) is 39.5. The second kappa shape index (κ2) is 23.1. The van der Waals surface area contributed by atoms with Gasteiger partial charge in [-0.1, -0.05) is 58.7 Å². The number of rotatable bonds is 22. The van der Waals surface area contributed by atoms with Crippen LogP contribution in [0.3, 0.4) is 0 Å². The lowest BCUT2D eigenvalue weighted by molar-refractivity contribution is -0.363. The van der Waals surface area contributed by atoms with Crippen molar-refractivity contribution >= 4 is 53.5 Å². The summed E-state index contributed by atoms with van der Waals surface area (Å²) < 4.78 is 52.7. The number of fused-ring (bicyclic) bond motifs is 2. The summed E-state index contributed by atoms with van der Waals surface area (Å²) in [6, 6.07) is 21.4. The lowest BCUT2D eigenvalue weighted by atomic mass is 9.83. The molecule has 7 N–H and O–H groups in total. The summed E-state index contributed by atoms with van der Waals surface area (Å²) in [5, 5.41) is 23.4. The van der Waals surface area contributed by atoms with E-state index >= 15 is 8.63 Å². The third kappa shape index (κ3) is 12.0. The number of ether oxygens (including phenoxy) is 3. The molecule has 2 aliphatic rings. The molecule has 368 valence electrons. The number of benzene rings is 3. The van der Waals surface area contributed by atoms with Gasteiger partial charge in [-0.25, -0.2) is 4.79 Å². The average Bonchev–Trinajstić information content (AvgIpc) is 3.83. The van der Waals surface area contributed by atoms with Crippen LogP contribution in [0.5, 0.6) is 11.8 Å². The quantitative estimate of drug-likeness (QED) is 0.0353. The maximum absolute atomic E-state index is 16.4. The molecule has 3 aromatic carbocycles. The summed E-state index contributed by atoms with van der Waals surface area (Å²) in [6.07, 6.45) is 4.02. The van der Waals surface area contributed by atoms with Crippen LogP contribution in [0.4, 0.5) is 19.1 Å². The summed E-state index contributed by atoms with van der Waals surface area (Å²) in [6.45, 7) is 3.71. The van der Waals surface area contributed by atoms with E-state index in [0.717, 1.165) is 20.1 Å². The number of nitrogens with two attached hydrogens (primary N) is 2. The number of nitrogens with one attached hydrogen (secondary N) is 3. The standard InChI is InChI=1S/C49H57BClF2N11O6/c1-30-24-32(3)63-43(30)42(44-31(2)25-33(4)64(44)50(63,52)53)36-18-21-41(37(26-36)29-69-48-61-59-47(51)60-62-48)68-27-35-16-19-38(20-17-35)56-45(65)39(14-8-10-22-54)57-46(66)40(15-9-11-23-55)58-49(67)70-28-34-12-6-5-7-13-34/h5-7,12-13,16-21,24-26,39-40H,8-11,14-15,22-23,27-29,54-55H2,1-4H3,(H,56,65)(H,57,66)(H,58,67)/t39-,40-/m0/s1. The number of carbonyl (C=O) groups excluding carboxylic acids is 3. The molecule has 17 nitrogen and oxygen atoms in total. The summed E-state index contributed by atoms with van der Waals surface area (Å²) in [7, 11) is 0. The lowest BCUT2D eigenvalue weighted by Gasteiger charge is -2.34. The third-order valence-electron chi connectivity index (χ3n) is 12.0. The van der Waals surface area contributed by atoms with Gasteiger partial charge < -0.3 is 59.2 Å². The van der Waals surface area contributed by atoms with E-state index < -0.39 is 37.0 Å². The molecule has 2 atom stereocenters. The van der Waals surface area contributed by atoms with Crippen molar-refractivity contribution in [1.82, 2.24) is 35.5 Å². The molecule has 2 aliphatic heterocycles. The van der Waals surface area contributed by atoms with Crippen LogP contribution >= 0.6 is 11.6 Å². The number of alkyl carbamates (subject to hydrolysis) is 1. The van der Waals surface area contributed by atoms with Crippen molar-refractivity contribution in [2.24, 2.45) is 11.5 Å². The van der Waals surface area contributed by atoms with Crippen LogP contribution in [0.1, 0.15) is 91.6 Å². The smallest absolute Gasteiger partial charge is 0.488 e. The van der Waals surface area contributed by atoms with E-state index in [1.54, 1.807) is 56.3 Å². The van der Waals surface area contributed by atoms with Gasteiger partial charge in [-0.3, -0.25) is 9.59 Å². The Bertz CT molecular complexity index is 2790. The first-order valence-electron chi connectivity index (χ1n) is 23.1. The van der Waals surface area contributed by atoms with E-state index in [1.807, 2.05) is 56.3 Å². The van der Waals surface area contributed by atoms with Crippen molar-refractivity contribution in [2.75, 3.05) is 18.4 Å². The van der Waals surface area contributed by atoms with Crippen molar-refractivity contribution in [3.63, 3.8) is 0 Å². The van der Waals surface area contributed by atoms with E-state index in [2.05, 4.69) is 36.3 Å². The number of anilines is 1. The van der Waals surface area contributed by atoms with Crippen LogP contribution in [0.25, 0.3) is 5.57 Å². The number of nitrogens with zero attached hydrogens (tertiary/aromatic N) is 6. The molecule has 0 saturated carbocycles. The Kier molecular flexibility index (Phi) is 16.7. The van der Waals surface area contributed by atoms with Gasteiger partial charge in [0.25, 0.3) is 5.28 Å². The largest absolute Gasteiger partial charge is 0.737 e. The molecule has 2 aromatic heterocycles. The number of aryl methyl sites for hydroxylation is 2. The van der Waals surface area contributed by atoms with Gasteiger partial charge in [-0.05, 0) is 142 Å². The number of aromatic nitrogens is 5. The maximum Gasteiger partial charge on any atom is 0.737 e. The van der Waals surface area contributed by atoms with Crippen molar-refractivity contribution in [2.45, 2.75) is 98.1 Å². The average molecular weight is 980 g/mol. The molecule has 0 bridgehead atoms. The molecule has 0 fully saturated rings. The second-order valence-corrected chi connectivity index (χ2v) is 17.6. The minimum absolute atomic E-state index is 0.0255. The first-order chi connectivity index (χ1) is 33.7. The summed E-state index contributed by atoms with van der Waals surface area (Å²) in [5.74, 6) is -0.539. The van der Waals surface area contributed by atoms with E-state index in [9.17, 15) is 14.4 Å². The van der Waals surface area contributed by atoms with Crippen molar-refractivity contribution < 1.29 is 41.7 Å². The molecule has 7 rings (SSSR count). The second-order valence-electron chi connectivity index (χ2n) is 17.3. The normalized spacial score (nSPS) is 14.6. The van der Waals surface area contributed by atoms with Crippen LogP contribution in [-0.4, -0.2) is 85.1 Å². The van der Waals surface area contributed by atoms with E-state index in [0.29, 0.717) is 114 Å². The molecular formula is C49H57BClF2N11O6. The SMILES string of the molecule is CC1=CC(C)=[N+]2C1=C(c1ccc(OCc3ccc(NC(=O)[C@H](CCCCN)NC(=O)[C@H](CCCCN)NC(=O)OCc4ccccc4)cc3)c(COc3nnc(Cl)nn3)c1)c1c(C)cc(C)n1[B-]2(F)F. The van der Waals surface area contributed by atoms with Gasteiger partial charge in [0.2, 0.25) is 11.8 Å². The minimum Gasteiger partial charge on any atom is -0.488 e. The first kappa shape index (κ1) is 50.8. The highest BCUT2D eigenvalue weighted by Gasteiger charge is 2.55. The number of hydrogen-bond acceptors (Lipinski definition) is 12. The number of amides is 3. The zero-order valence-corrected chi connectivity index (χ0v) is 40.3. The molecule has 21 heteroatoms. The summed E-state index contributed by atoms with van der Waals surface area (Å²) >= 11 is 5.81. The molecule has 0 aliphatic carbocycles. The topological polar surface area (TPSA) is 227 Å². The fourth-order valence-electron chi connectivity index (χ4n) is 8.75. The Morgan fingerprint density at radius 1 is 0.771 bits per heavy atom. The Labute approximate surface area is 409 Å². The van der Waals surface area contributed by atoms with Crippen LogP contribution < -0.4 is 36.9 Å². The molecule has 4 heterocycles. The number of halogens is 3. The molecule has 0 spiro atoms. The molecule has 70 heavy (non-hydrogen) atoms. The first-order valence-corrected chi connectivity index (χ1v) is 23.5. The molecule has 0 radical (unpaired) electrons. The van der Waals surface area contributed by atoms with Gasteiger partial charge in [0.1, 0.15) is 43.4 Å². The van der Waals surface area contributed by atoms with Gasteiger partial charge in [0.15, 0.2) is 5.70 Å². The predicted octanol–water partition coefficient (Wildman–Crippen LogP) is 6.90. The summed E-state index contributed by atoms with van der Waals surface area (Å²) in [5.41, 5.74) is 18.5. The van der Waals surface area contributed by atoms with Gasteiger partial charge >= 0.3 is 19.1 Å². The lowest BCUT2D eigenvalue weighted by Crippen LogP contribution is -2.52. The van der Waals surface area contributed by atoms with Crippen LogP contribution in [0, 0.1) is 13.8 Å². The zero-order chi connectivity index (χ0) is 50.0. The monoisotopic (exact) mass is 979 g/mol. The number of carbonyl (C=O) groups is 3. The van der Waals surface area contributed by atoms with Crippen molar-refractivity contribution in [3.8, 4) is 11.8 Å². The number of hydrogen-bond donors (Lipinski definition) is 5. The van der Waals surface area contributed by atoms with Gasteiger partial charge in [-0.2, -0.15) is 0 Å². The van der Waals surface area contributed by atoms with Gasteiger partial charge in [0.05, 0.1) is 5.57 Å². The predicted molar refractivity (Wildman–Crippen MR) is 262 cm³/mol. The Hall–Kier alpha value is -7.03. The Morgan fingerprint density at radius 2 is 1.43 bits per heavy atom. The molecule has 0 saturated heterocycles. The van der Waals surface area contributed by atoms with E-state index in [4.69, 9.17) is 37.3 Å². The Balaban J connectivity index is 1.07. The maximum atomic E-state index is 16.4. The van der Waals surface area contributed by atoms with Gasteiger partial charge in [-0.15, -0.1) is 10.2 Å². The van der Waals surface area contributed by atoms with E-state index in [-0.39, 0.29) is 31.1 Å². The molecule has 5 aromatic rings. The van der Waals surface area contributed by atoms with Crippen molar-refractivity contribution in [3.05, 3.63) is 141 Å². The van der Waals surface area contributed by atoms with Crippen molar-refractivity contribution in [1.29, 1.82) is 0 Å². The van der Waals surface area contributed by atoms with E-state index in [1.165, 1.54) is 0 Å². The highest BCUT2D eigenvalue weighted by Crippen LogP contribution is 2.45. The van der Waals surface area contributed by atoms with Crippen LogP contribution in [0.15, 0.2) is 96.2 Å². The minimum atomic E-state index is -4.18. The number of unbranched alkanes of at least 4 members (excludes halogenated alkanes) is 2. The van der Waals surface area contributed by atoms with Crippen LogP contribution in [0.2, 0.25) is 5.28 Å². The fourth-order valence-corrected chi connectivity index (χ4v) is 8.82.